The van der Waals surface area contributed by atoms with E-state index in [4.69, 9.17) is 0 Å². The van der Waals surface area contributed by atoms with Crippen molar-refractivity contribution < 1.29 is 8.42 Å². The standard InChI is InChI=1S/C14H23NO2S/c1-4-13(18(16,17)6-3)14(15-5-2)12-10-8-7-9-11-12/h7-11,13-15H,4-6H2,1-3H3. The van der Waals surface area contributed by atoms with E-state index in [-0.39, 0.29) is 17.0 Å². The van der Waals surface area contributed by atoms with E-state index in [9.17, 15) is 8.42 Å². The minimum absolute atomic E-state index is 0.119. The summed E-state index contributed by atoms with van der Waals surface area (Å²) in [5, 5.41) is 2.95. The minimum atomic E-state index is -3.04. The van der Waals surface area contributed by atoms with Crippen LogP contribution in [0.1, 0.15) is 38.8 Å². The highest BCUT2D eigenvalue weighted by Gasteiger charge is 2.31. The van der Waals surface area contributed by atoms with Crippen molar-refractivity contribution in [3.05, 3.63) is 35.9 Å². The van der Waals surface area contributed by atoms with E-state index in [0.29, 0.717) is 6.42 Å². The molecule has 1 aromatic carbocycles. The van der Waals surface area contributed by atoms with E-state index >= 15 is 0 Å². The summed E-state index contributed by atoms with van der Waals surface area (Å²) in [6, 6.07) is 9.70. The second-order valence-corrected chi connectivity index (χ2v) is 6.85. The van der Waals surface area contributed by atoms with Crippen LogP contribution in [-0.4, -0.2) is 26.0 Å². The fraction of sp³-hybridized carbons (Fsp3) is 0.571. The Morgan fingerprint density at radius 2 is 1.72 bits per heavy atom. The molecule has 0 fully saturated rings. The first-order valence-electron chi connectivity index (χ1n) is 6.56. The molecule has 1 rings (SSSR count). The summed E-state index contributed by atoms with van der Waals surface area (Å²) in [5.41, 5.74) is 1.04. The zero-order valence-electron chi connectivity index (χ0n) is 11.4. The van der Waals surface area contributed by atoms with Crippen molar-refractivity contribution in [2.75, 3.05) is 12.3 Å². The van der Waals surface area contributed by atoms with Gasteiger partial charge in [-0.15, -0.1) is 0 Å². The van der Waals surface area contributed by atoms with Crippen LogP contribution in [0.25, 0.3) is 0 Å². The number of sulfone groups is 1. The number of rotatable bonds is 7. The Bertz CT molecular complexity index is 442. The molecule has 4 heteroatoms. The molecule has 2 atom stereocenters. The monoisotopic (exact) mass is 269 g/mol. The molecule has 0 aromatic heterocycles. The van der Waals surface area contributed by atoms with Crippen molar-refractivity contribution in [3.8, 4) is 0 Å². The van der Waals surface area contributed by atoms with Gasteiger partial charge in [0.2, 0.25) is 0 Å². The summed E-state index contributed by atoms with van der Waals surface area (Å²) in [4.78, 5) is 0. The van der Waals surface area contributed by atoms with Gasteiger partial charge >= 0.3 is 0 Å². The van der Waals surface area contributed by atoms with Crippen LogP contribution in [0.3, 0.4) is 0 Å². The summed E-state index contributed by atoms with van der Waals surface area (Å²) in [6.45, 7) is 6.41. The van der Waals surface area contributed by atoms with Crippen molar-refractivity contribution in [3.63, 3.8) is 0 Å². The van der Waals surface area contributed by atoms with Crippen LogP contribution < -0.4 is 5.32 Å². The lowest BCUT2D eigenvalue weighted by atomic mass is 10.0. The third kappa shape index (κ3) is 3.56. The molecule has 1 N–H and O–H groups in total. The van der Waals surface area contributed by atoms with Crippen LogP contribution in [0.15, 0.2) is 30.3 Å². The molecule has 0 aliphatic heterocycles. The van der Waals surface area contributed by atoms with Crippen molar-refractivity contribution in [1.82, 2.24) is 5.32 Å². The van der Waals surface area contributed by atoms with Crippen LogP contribution in [-0.2, 0) is 9.84 Å². The largest absolute Gasteiger partial charge is 0.309 e. The van der Waals surface area contributed by atoms with Gasteiger partial charge in [0.25, 0.3) is 0 Å². The highest BCUT2D eigenvalue weighted by atomic mass is 32.2. The normalized spacial score (nSPS) is 15.3. The smallest absolute Gasteiger partial charge is 0.154 e. The average molecular weight is 269 g/mol. The fourth-order valence-corrected chi connectivity index (χ4v) is 3.86. The maximum Gasteiger partial charge on any atom is 0.154 e. The molecule has 18 heavy (non-hydrogen) atoms. The van der Waals surface area contributed by atoms with Gasteiger partial charge in [0, 0.05) is 11.8 Å². The lowest BCUT2D eigenvalue weighted by molar-refractivity contribution is 0.487. The lowest BCUT2D eigenvalue weighted by Gasteiger charge is -2.27. The molecular formula is C14H23NO2S. The van der Waals surface area contributed by atoms with Gasteiger partial charge in [0.15, 0.2) is 9.84 Å². The summed E-state index contributed by atoms with van der Waals surface area (Å²) in [5.74, 6) is 0.195. The second kappa shape index (κ2) is 6.90. The van der Waals surface area contributed by atoms with E-state index in [0.717, 1.165) is 12.1 Å². The molecule has 0 saturated carbocycles. The van der Waals surface area contributed by atoms with Crippen LogP contribution >= 0.6 is 0 Å². The van der Waals surface area contributed by atoms with Gasteiger partial charge in [-0.3, -0.25) is 0 Å². The van der Waals surface area contributed by atoms with Crippen LogP contribution in [0.5, 0.6) is 0 Å². The Balaban J connectivity index is 3.11. The van der Waals surface area contributed by atoms with Gasteiger partial charge in [-0.05, 0) is 18.5 Å². The Morgan fingerprint density at radius 3 is 2.17 bits per heavy atom. The summed E-state index contributed by atoms with van der Waals surface area (Å²) >= 11 is 0. The Morgan fingerprint density at radius 1 is 1.11 bits per heavy atom. The first kappa shape index (κ1) is 15.2. The second-order valence-electron chi connectivity index (χ2n) is 4.34. The molecule has 0 radical (unpaired) electrons. The van der Waals surface area contributed by atoms with Gasteiger partial charge < -0.3 is 5.32 Å². The average Bonchev–Trinajstić information content (AvgIpc) is 2.39. The Labute approximate surface area is 111 Å². The maximum atomic E-state index is 12.2. The number of hydrogen-bond donors (Lipinski definition) is 1. The highest BCUT2D eigenvalue weighted by molar-refractivity contribution is 7.92. The zero-order valence-corrected chi connectivity index (χ0v) is 12.2. The number of nitrogens with one attached hydrogen (secondary N) is 1. The van der Waals surface area contributed by atoms with Gasteiger partial charge in [0.1, 0.15) is 0 Å². The first-order chi connectivity index (χ1) is 8.56. The van der Waals surface area contributed by atoms with E-state index in [1.165, 1.54) is 0 Å². The molecule has 0 bridgehead atoms. The van der Waals surface area contributed by atoms with Gasteiger partial charge in [-0.2, -0.15) is 0 Å². The molecule has 2 unspecified atom stereocenters. The molecule has 0 amide bonds. The Kier molecular flexibility index (Phi) is 5.82. The molecule has 0 aliphatic carbocycles. The molecule has 0 spiro atoms. The van der Waals surface area contributed by atoms with Crippen molar-refractivity contribution in [1.29, 1.82) is 0 Å². The molecule has 0 saturated heterocycles. The zero-order chi connectivity index (χ0) is 13.6. The van der Waals surface area contributed by atoms with Gasteiger partial charge in [0.05, 0.1) is 5.25 Å². The van der Waals surface area contributed by atoms with Crippen LogP contribution in [0, 0.1) is 0 Å². The van der Waals surface area contributed by atoms with Gasteiger partial charge in [-0.1, -0.05) is 51.1 Å². The number of benzene rings is 1. The third-order valence-electron chi connectivity index (χ3n) is 3.22. The number of hydrogen-bond acceptors (Lipinski definition) is 3. The van der Waals surface area contributed by atoms with E-state index < -0.39 is 9.84 Å². The van der Waals surface area contributed by atoms with E-state index in [1.54, 1.807) is 6.92 Å². The van der Waals surface area contributed by atoms with Crippen molar-refractivity contribution >= 4 is 9.84 Å². The van der Waals surface area contributed by atoms with E-state index in [1.807, 2.05) is 44.2 Å². The summed E-state index contributed by atoms with van der Waals surface area (Å²) < 4.78 is 24.4. The Hall–Kier alpha value is -0.870. The first-order valence-corrected chi connectivity index (χ1v) is 8.28. The minimum Gasteiger partial charge on any atom is -0.309 e. The summed E-state index contributed by atoms with van der Waals surface area (Å²) in [7, 11) is -3.04. The topological polar surface area (TPSA) is 46.2 Å². The fourth-order valence-electron chi connectivity index (χ4n) is 2.26. The van der Waals surface area contributed by atoms with E-state index in [2.05, 4.69) is 5.32 Å². The van der Waals surface area contributed by atoms with Crippen LogP contribution in [0.4, 0.5) is 0 Å². The van der Waals surface area contributed by atoms with Crippen molar-refractivity contribution in [2.45, 2.75) is 38.5 Å². The maximum absolute atomic E-state index is 12.2. The molecular weight excluding hydrogens is 246 g/mol. The van der Waals surface area contributed by atoms with Gasteiger partial charge in [-0.25, -0.2) is 8.42 Å². The molecule has 102 valence electrons. The molecule has 0 heterocycles. The predicted octanol–water partition coefficient (Wildman–Crippen LogP) is 2.55. The summed E-state index contributed by atoms with van der Waals surface area (Å²) in [6.07, 6.45) is 0.628. The molecule has 0 aliphatic rings. The third-order valence-corrected chi connectivity index (χ3v) is 5.55. The van der Waals surface area contributed by atoms with Crippen LogP contribution in [0.2, 0.25) is 0 Å². The quantitative estimate of drug-likeness (QED) is 0.827. The van der Waals surface area contributed by atoms with Crippen molar-refractivity contribution in [2.24, 2.45) is 0 Å². The molecule has 3 nitrogen and oxygen atoms in total. The molecule has 1 aromatic rings. The highest BCUT2D eigenvalue weighted by Crippen LogP contribution is 2.25. The predicted molar refractivity (Wildman–Crippen MR) is 76.4 cm³/mol. The SMILES string of the molecule is CCNC(c1ccccc1)C(CC)S(=O)(=O)CC. The lowest BCUT2D eigenvalue weighted by Crippen LogP contribution is -2.37.